The summed E-state index contributed by atoms with van der Waals surface area (Å²) < 4.78 is 47.4. The number of rotatable bonds is 39. The number of hydrogen-bond acceptors (Lipinski definition) is 11. The lowest BCUT2D eigenvalue weighted by Gasteiger charge is -2.41. The molecule has 13 nitrogen and oxygen atoms in total. The first-order valence-corrected chi connectivity index (χ1v) is 24.5. The Bertz CT molecular complexity index is 1110. The van der Waals surface area contributed by atoms with E-state index in [0.717, 1.165) is 38.5 Å². The molecule has 1 saturated heterocycles. The molecule has 1 fully saturated rings. The highest BCUT2D eigenvalue weighted by Crippen LogP contribution is 2.26. The third-order valence-electron chi connectivity index (χ3n) is 11.2. The second kappa shape index (κ2) is 35.4. The fourth-order valence-corrected chi connectivity index (χ4v) is 7.97. The monoisotopic (exact) mass is 852 g/mol. The van der Waals surface area contributed by atoms with E-state index in [4.69, 9.17) is 14.0 Å². The molecule has 0 bridgehead atoms. The van der Waals surface area contributed by atoms with Gasteiger partial charge in [0, 0.05) is 0 Å². The molecule has 7 N–H and O–H groups in total. The number of unbranched alkanes of at least 4 members (excludes halogenated alkanes) is 26. The van der Waals surface area contributed by atoms with Crippen LogP contribution in [0.15, 0.2) is 12.2 Å². The van der Waals surface area contributed by atoms with E-state index in [9.17, 15) is 38.7 Å². The molecule has 0 aromatic carbocycles. The Balaban J connectivity index is 2.53. The quantitative estimate of drug-likeness (QED) is 0.0180. The largest absolute Gasteiger partial charge is 0.397 e. The van der Waals surface area contributed by atoms with Gasteiger partial charge >= 0.3 is 10.4 Å². The van der Waals surface area contributed by atoms with E-state index >= 15 is 0 Å². The smallest absolute Gasteiger partial charge is 0.394 e. The van der Waals surface area contributed by atoms with Crippen LogP contribution in [0.4, 0.5) is 0 Å². The Morgan fingerprint density at radius 3 is 1.55 bits per heavy atom. The molecule has 58 heavy (non-hydrogen) atoms. The van der Waals surface area contributed by atoms with Gasteiger partial charge in [0.15, 0.2) is 6.29 Å². The molecule has 1 rings (SSSR count). The van der Waals surface area contributed by atoms with Crippen LogP contribution in [-0.4, -0.2) is 107 Å². The maximum Gasteiger partial charge on any atom is 0.397 e. The Morgan fingerprint density at radius 2 is 1.12 bits per heavy atom. The fourth-order valence-electron chi connectivity index (χ4n) is 7.46. The lowest BCUT2D eigenvalue weighted by molar-refractivity contribution is -0.298. The summed E-state index contributed by atoms with van der Waals surface area (Å²) in [6.07, 6.45) is 25.9. The first-order chi connectivity index (χ1) is 27.9. The van der Waals surface area contributed by atoms with Gasteiger partial charge in [-0.2, -0.15) is 8.42 Å². The van der Waals surface area contributed by atoms with E-state index in [-0.39, 0.29) is 6.42 Å². The Hall–Kier alpha value is -1.20. The summed E-state index contributed by atoms with van der Waals surface area (Å²) in [6.45, 7) is 3.20. The third kappa shape index (κ3) is 27.6. The summed E-state index contributed by atoms with van der Waals surface area (Å²) >= 11 is 0. The van der Waals surface area contributed by atoms with Gasteiger partial charge in [-0.25, -0.2) is 4.18 Å². The zero-order valence-electron chi connectivity index (χ0n) is 36.2. The Kier molecular flexibility index (Phi) is 33.5. The number of ether oxygens (including phenoxy) is 2. The first kappa shape index (κ1) is 54.8. The molecule has 1 aliphatic heterocycles. The molecule has 8 atom stereocenters. The van der Waals surface area contributed by atoms with E-state index in [2.05, 4.69) is 23.3 Å². The summed E-state index contributed by atoms with van der Waals surface area (Å²) in [5, 5.41) is 55.1. The molecular weight excluding hydrogens is 767 g/mol. The molecule has 344 valence electrons. The number of aliphatic hydroxyl groups excluding tert-OH is 5. The maximum absolute atomic E-state index is 13.1. The zero-order valence-corrected chi connectivity index (χ0v) is 37.1. The van der Waals surface area contributed by atoms with Crippen molar-refractivity contribution < 1.29 is 57.0 Å². The normalized spacial score (nSPS) is 21.7. The fraction of sp³-hybridized carbons (Fsp3) is 0.932. The van der Waals surface area contributed by atoms with Gasteiger partial charge in [0.1, 0.15) is 30.5 Å². The van der Waals surface area contributed by atoms with Crippen molar-refractivity contribution in [1.29, 1.82) is 0 Å². The van der Waals surface area contributed by atoms with Crippen molar-refractivity contribution in [2.75, 3.05) is 13.2 Å². The van der Waals surface area contributed by atoms with Gasteiger partial charge in [0.25, 0.3) is 0 Å². The molecule has 14 heteroatoms. The summed E-state index contributed by atoms with van der Waals surface area (Å²) in [4.78, 5) is 13.1. The van der Waals surface area contributed by atoms with Gasteiger partial charge in [-0.1, -0.05) is 193 Å². The van der Waals surface area contributed by atoms with Crippen LogP contribution in [0.3, 0.4) is 0 Å². The van der Waals surface area contributed by atoms with E-state index < -0.39 is 78.5 Å². The molecule has 0 aromatic rings. The van der Waals surface area contributed by atoms with E-state index in [0.29, 0.717) is 12.8 Å². The van der Waals surface area contributed by atoms with Crippen LogP contribution in [0.25, 0.3) is 0 Å². The number of aliphatic hydroxyl groups is 5. The molecule has 1 amide bonds. The standard InChI is InChI=1S/C44H85NO12S/c1-3-5-7-9-11-13-15-16-17-18-19-20-21-23-25-27-29-31-33-38(48)43(51)45-36(37(47)32-30-28-26-24-22-14-12-10-8-6-4-2)35-55-44-41(50)42(57-58(52,53)54)40(49)39(34-46)56-44/h30,32,36-42,44,46-50H,3-29,31,33-35H2,1-2H3,(H,45,51)(H,52,53,54)/b32-30+. The van der Waals surface area contributed by atoms with Gasteiger partial charge in [0.05, 0.1) is 25.4 Å². The minimum absolute atomic E-state index is 0.248. The second-order valence-electron chi connectivity index (χ2n) is 16.5. The minimum atomic E-state index is -5.11. The van der Waals surface area contributed by atoms with E-state index in [1.54, 1.807) is 0 Å². The van der Waals surface area contributed by atoms with Crippen LogP contribution in [0.1, 0.15) is 200 Å². The summed E-state index contributed by atoms with van der Waals surface area (Å²) in [6, 6.07) is -1.11. The summed E-state index contributed by atoms with van der Waals surface area (Å²) in [5.41, 5.74) is 0. The molecule has 0 spiro atoms. The predicted octanol–water partition coefficient (Wildman–Crippen LogP) is 7.75. The van der Waals surface area contributed by atoms with Crippen molar-refractivity contribution in [2.24, 2.45) is 0 Å². The van der Waals surface area contributed by atoms with Crippen LogP contribution in [0.2, 0.25) is 0 Å². The predicted molar refractivity (Wildman–Crippen MR) is 228 cm³/mol. The highest BCUT2D eigenvalue weighted by molar-refractivity contribution is 7.80. The average Bonchev–Trinajstić information content (AvgIpc) is 3.19. The SMILES string of the molecule is CCCCCCCCCCC/C=C/C(O)C(COC1OC(CO)C(O)C(OS(=O)(=O)O)C1O)NC(=O)C(O)CCCCCCCCCCCCCCCCCCCC. The van der Waals surface area contributed by atoms with Gasteiger partial charge < -0.3 is 40.3 Å². The number of allylic oxidation sites excluding steroid dienone is 1. The van der Waals surface area contributed by atoms with Crippen molar-refractivity contribution in [1.82, 2.24) is 5.32 Å². The lowest BCUT2D eigenvalue weighted by Crippen LogP contribution is -2.61. The van der Waals surface area contributed by atoms with Crippen LogP contribution < -0.4 is 5.32 Å². The molecule has 8 unspecified atom stereocenters. The van der Waals surface area contributed by atoms with E-state index in [1.807, 2.05) is 6.08 Å². The van der Waals surface area contributed by atoms with Crippen molar-refractivity contribution >= 4 is 16.3 Å². The Labute approximate surface area is 352 Å². The van der Waals surface area contributed by atoms with Crippen LogP contribution in [-0.2, 0) is 28.9 Å². The minimum Gasteiger partial charge on any atom is -0.394 e. The number of amides is 1. The van der Waals surface area contributed by atoms with Crippen LogP contribution in [0.5, 0.6) is 0 Å². The summed E-state index contributed by atoms with van der Waals surface area (Å²) in [5.74, 6) is -0.701. The molecule has 0 aromatic heterocycles. The van der Waals surface area contributed by atoms with Gasteiger partial charge in [0.2, 0.25) is 5.91 Å². The van der Waals surface area contributed by atoms with Gasteiger partial charge in [-0.05, 0) is 19.3 Å². The maximum atomic E-state index is 13.1. The van der Waals surface area contributed by atoms with Gasteiger partial charge in [-0.3, -0.25) is 9.35 Å². The highest BCUT2D eigenvalue weighted by atomic mass is 32.3. The molecular formula is C44H85NO12S. The third-order valence-corrected chi connectivity index (χ3v) is 11.6. The van der Waals surface area contributed by atoms with E-state index in [1.165, 1.54) is 134 Å². The highest BCUT2D eigenvalue weighted by Gasteiger charge is 2.48. The molecule has 1 heterocycles. The van der Waals surface area contributed by atoms with Crippen molar-refractivity contribution in [3.05, 3.63) is 12.2 Å². The van der Waals surface area contributed by atoms with Crippen LogP contribution in [0, 0.1) is 0 Å². The van der Waals surface area contributed by atoms with Gasteiger partial charge in [-0.15, -0.1) is 0 Å². The molecule has 1 aliphatic rings. The van der Waals surface area contributed by atoms with Crippen molar-refractivity contribution in [3.8, 4) is 0 Å². The number of carbonyl (C=O) groups is 1. The number of nitrogens with one attached hydrogen (secondary N) is 1. The average molecular weight is 852 g/mol. The second-order valence-corrected chi connectivity index (χ2v) is 17.5. The topological polar surface area (TPSA) is 212 Å². The molecule has 0 saturated carbocycles. The van der Waals surface area contributed by atoms with Crippen molar-refractivity contribution in [3.63, 3.8) is 0 Å². The number of hydrogen-bond donors (Lipinski definition) is 7. The number of carbonyl (C=O) groups excluding carboxylic acids is 1. The lowest BCUT2D eigenvalue weighted by atomic mass is 9.99. The molecule has 0 aliphatic carbocycles. The zero-order chi connectivity index (χ0) is 42.9. The van der Waals surface area contributed by atoms with Crippen LogP contribution >= 0.6 is 0 Å². The Morgan fingerprint density at radius 1 is 0.690 bits per heavy atom. The molecule has 0 radical (unpaired) electrons. The van der Waals surface area contributed by atoms with Crippen molar-refractivity contribution in [2.45, 2.75) is 249 Å². The first-order valence-electron chi connectivity index (χ1n) is 23.2. The summed E-state index contributed by atoms with van der Waals surface area (Å²) in [7, 11) is -5.11.